The molecule has 0 unspecified atom stereocenters. The first-order valence-electron chi connectivity index (χ1n) is 8.55. The smallest absolute Gasteiger partial charge is 0.231 e. The van der Waals surface area contributed by atoms with E-state index in [1.165, 1.54) is 11.9 Å². The summed E-state index contributed by atoms with van der Waals surface area (Å²) in [6.45, 7) is 5.34. The molecule has 3 aromatic rings. The van der Waals surface area contributed by atoms with E-state index in [0.717, 1.165) is 17.1 Å². The lowest BCUT2D eigenvalue weighted by molar-refractivity contribution is -0.120. The molecular weight excluding hydrogens is 328 g/mol. The molecule has 1 N–H and O–H groups in total. The summed E-state index contributed by atoms with van der Waals surface area (Å²) in [5, 5.41) is 7.21. The molecule has 1 amide bonds. The maximum atomic E-state index is 12.5. The number of benzene rings is 1. The van der Waals surface area contributed by atoms with Crippen LogP contribution < -0.4 is 10.2 Å². The third-order valence-electron chi connectivity index (χ3n) is 4.59. The molecule has 132 valence electrons. The Hall–Kier alpha value is -3.22. The van der Waals surface area contributed by atoms with E-state index >= 15 is 0 Å². The molecule has 3 heterocycles. The number of carbonyl (C=O) groups is 1. The maximum Gasteiger partial charge on any atom is 0.231 e. The van der Waals surface area contributed by atoms with Crippen molar-refractivity contribution in [3.63, 3.8) is 0 Å². The summed E-state index contributed by atoms with van der Waals surface area (Å²) in [6.07, 6.45) is 5.07. The fraction of sp³-hybridized carbons (Fsp3) is 0.263. The Morgan fingerprint density at radius 2 is 1.96 bits per heavy atom. The first-order valence-corrected chi connectivity index (χ1v) is 8.55. The zero-order valence-electron chi connectivity index (χ0n) is 14.8. The summed E-state index contributed by atoms with van der Waals surface area (Å²) >= 11 is 0. The number of aromatic nitrogens is 4. The third kappa shape index (κ3) is 3.15. The van der Waals surface area contributed by atoms with Crippen molar-refractivity contribution in [2.24, 2.45) is 5.92 Å². The van der Waals surface area contributed by atoms with Crippen LogP contribution in [-0.4, -0.2) is 38.7 Å². The molecule has 0 saturated carbocycles. The van der Waals surface area contributed by atoms with Gasteiger partial charge in [0, 0.05) is 37.2 Å². The van der Waals surface area contributed by atoms with E-state index in [1.807, 2.05) is 44.3 Å². The SMILES string of the molecule is Cc1ccc(NC(=O)C2CN(c3cc(-n4cccn4)ncn3)C2)c(C)c1. The van der Waals surface area contributed by atoms with Crippen molar-refractivity contribution in [3.05, 3.63) is 60.2 Å². The molecule has 26 heavy (non-hydrogen) atoms. The highest BCUT2D eigenvalue weighted by Gasteiger charge is 2.33. The molecule has 2 aromatic heterocycles. The van der Waals surface area contributed by atoms with Gasteiger partial charge >= 0.3 is 0 Å². The quantitative estimate of drug-likeness (QED) is 0.783. The molecular formula is C19H20N6O. The second-order valence-corrected chi connectivity index (χ2v) is 6.59. The van der Waals surface area contributed by atoms with E-state index in [4.69, 9.17) is 0 Å². The highest BCUT2D eigenvalue weighted by atomic mass is 16.2. The topological polar surface area (TPSA) is 75.9 Å². The van der Waals surface area contributed by atoms with Crippen molar-refractivity contribution in [1.82, 2.24) is 19.7 Å². The minimum absolute atomic E-state index is 0.0428. The number of nitrogens with zero attached hydrogens (tertiary/aromatic N) is 5. The number of carbonyl (C=O) groups excluding carboxylic acids is 1. The standard InChI is InChI=1S/C19H20N6O/c1-13-4-5-16(14(2)8-13)23-19(26)15-10-24(11-15)17-9-18(21-12-20-17)25-7-3-6-22-25/h3-9,12,15H,10-11H2,1-2H3,(H,23,26). The van der Waals surface area contributed by atoms with E-state index in [2.05, 4.69) is 31.3 Å². The molecule has 1 fully saturated rings. The highest BCUT2D eigenvalue weighted by molar-refractivity contribution is 5.95. The first-order chi connectivity index (χ1) is 12.6. The van der Waals surface area contributed by atoms with E-state index in [9.17, 15) is 4.79 Å². The molecule has 4 rings (SSSR count). The van der Waals surface area contributed by atoms with Gasteiger partial charge in [-0.05, 0) is 31.5 Å². The van der Waals surface area contributed by atoms with Gasteiger partial charge in [0.1, 0.15) is 12.1 Å². The number of amides is 1. The van der Waals surface area contributed by atoms with E-state index in [-0.39, 0.29) is 11.8 Å². The molecule has 0 aliphatic carbocycles. The molecule has 0 radical (unpaired) electrons. The Balaban J connectivity index is 1.39. The Labute approximate surface area is 151 Å². The van der Waals surface area contributed by atoms with Crippen LogP contribution in [0.4, 0.5) is 11.5 Å². The summed E-state index contributed by atoms with van der Waals surface area (Å²) in [7, 11) is 0. The van der Waals surface area contributed by atoms with Crippen LogP contribution in [0, 0.1) is 19.8 Å². The normalized spacial score (nSPS) is 14.2. The highest BCUT2D eigenvalue weighted by Crippen LogP contribution is 2.25. The van der Waals surface area contributed by atoms with Gasteiger partial charge in [-0.1, -0.05) is 17.7 Å². The van der Waals surface area contributed by atoms with E-state index in [1.54, 1.807) is 10.9 Å². The number of anilines is 2. The van der Waals surface area contributed by atoms with Crippen LogP contribution >= 0.6 is 0 Å². The Kier molecular flexibility index (Phi) is 4.12. The monoisotopic (exact) mass is 348 g/mol. The molecule has 0 bridgehead atoms. The van der Waals surface area contributed by atoms with Crippen molar-refractivity contribution in [2.75, 3.05) is 23.3 Å². The summed E-state index contributed by atoms with van der Waals surface area (Å²) in [5.41, 5.74) is 3.14. The average molecular weight is 348 g/mol. The molecule has 7 heteroatoms. The fourth-order valence-electron chi connectivity index (χ4n) is 3.06. The van der Waals surface area contributed by atoms with Crippen molar-refractivity contribution >= 4 is 17.4 Å². The lowest BCUT2D eigenvalue weighted by Crippen LogP contribution is -2.52. The minimum atomic E-state index is -0.0428. The Morgan fingerprint density at radius 3 is 2.69 bits per heavy atom. The molecule has 0 atom stereocenters. The van der Waals surface area contributed by atoms with Crippen LogP contribution in [0.5, 0.6) is 0 Å². The zero-order chi connectivity index (χ0) is 18.1. The van der Waals surface area contributed by atoms with Crippen LogP contribution in [0.2, 0.25) is 0 Å². The number of hydrogen-bond donors (Lipinski definition) is 1. The van der Waals surface area contributed by atoms with E-state index in [0.29, 0.717) is 18.9 Å². The van der Waals surface area contributed by atoms with Crippen molar-refractivity contribution in [2.45, 2.75) is 13.8 Å². The lowest BCUT2D eigenvalue weighted by Gasteiger charge is -2.39. The summed E-state index contributed by atoms with van der Waals surface area (Å²) in [5.74, 6) is 1.53. The van der Waals surface area contributed by atoms with Gasteiger partial charge < -0.3 is 10.2 Å². The lowest BCUT2D eigenvalue weighted by atomic mass is 9.98. The molecule has 1 aliphatic rings. The Morgan fingerprint density at radius 1 is 1.15 bits per heavy atom. The molecule has 0 spiro atoms. The largest absolute Gasteiger partial charge is 0.355 e. The van der Waals surface area contributed by atoms with E-state index < -0.39 is 0 Å². The van der Waals surface area contributed by atoms with Gasteiger partial charge in [-0.2, -0.15) is 5.10 Å². The second-order valence-electron chi connectivity index (χ2n) is 6.59. The molecule has 1 aliphatic heterocycles. The second kappa shape index (κ2) is 6.59. The van der Waals surface area contributed by atoms with Crippen LogP contribution in [0.3, 0.4) is 0 Å². The van der Waals surface area contributed by atoms with Crippen LogP contribution in [0.15, 0.2) is 49.1 Å². The zero-order valence-corrected chi connectivity index (χ0v) is 14.8. The number of rotatable bonds is 4. The maximum absolute atomic E-state index is 12.5. The molecule has 7 nitrogen and oxygen atoms in total. The van der Waals surface area contributed by atoms with Crippen molar-refractivity contribution in [1.29, 1.82) is 0 Å². The van der Waals surface area contributed by atoms with Crippen molar-refractivity contribution in [3.8, 4) is 5.82 Å². The van der Waals surface area contributed by atoms with Gasteiger partial charge in [0.2, 0.25) is 5.91 Å². The average Bonchev–Trinajstić information content (AvgIpc) is 3.11. The predicted octanol–water partition coefficient (Wildman–Crippen LogP) is 2.35. The minimum Gasteiger partial charge on any atom is -0.355 e. The number of aryl methyl sites for hydroxylation is 2. The third-order valence-corrected chi connectivity index (χ3v) is 4.59. The van der Waals surface area contributed by atoms with Crippen LogP contribution in [0.25, 0.3) is 5.82 Å². The van der Waals surface area contributed by atoms with Gasteiger partial charge in [0.15, 0.2) is 5.82 Å². The van der Waals surface area contributed by atoms with Gasteiger partial charge in [0.25, 0.3) is 0 Å². The fourth-order valence-corrected chi connectivity index (χ4v) is 3.06. The van der Waals surface area contributed by atoms with Crippen LogP contribution in [-0.2, 0) is 4.79 Å². The van der Waals surface area contributed by atoms with Gasteiger partial charge in [-0.25, -0.2) is 14.6 Å². The first kappa shape index (κ1) is 16.3. The van der Waals surface area contributed by atoms with Gasteiger partial charge in [-0.15, -0.1) is 0 Å². The predicted molar refractivity (Wildman–Crippen MR) is 99.4 cm³/mol. The summed E-state index contributed by atoms with van der Waals surface area (Å²) < 4.78 is 1.69. The van der Waals surface area contributed by atoms with Crippen LogP contribution in [0.1, 0.15) is 11.1 Å². The Bertz CT molecular complexity index is 931. The number of hydrogen-bond acceptors (Lipinski definition) is 5. The van der Waals surface area contributed by atoms with Crippen molar-refractivity contribution < 1.29 is 4.79 Å². The van der Waals surface area contributed by atoms with Gasteiger partial charge in [-0.3, -0.25) is 4.79 Å². The number of nitrogens with one attached hydrogen (secondary N) is 1. The summed E-state index contributed by atoms with van der Waals surface area (Å²) in [4.78, 5) is 23.1. The molecule has 1 aromatic carbocycles. The van der Waals surface area contributed by atoms with Gasteiger partial charge in [0.05, 0.1) is 5.92 Å². The summed E-state index contributed by atoms with van der Waals surface area (Å²) in [6, 6.07) is 9.76. The molecule has 1 saturated heterocycles.